The number of aliphatic hydroxyl groups excluding tert-OH is 2. The molecule has 0 spiro atoms. The van der Waals surface area contributed by atoms with Gasteiger partial charge in [0.25, 0.3) is 0 Å². The summed E-state index contributed by atoms with van der Waals surface area (Å²) < 4.78 is 29.0. The number of carbonyl (C=O) groups is 1. The van der Waals surface area contributed by atoms with Crippen LogP contribution in [0.5, 0.6) is 0 Å². The molecule has 208 valence electrons. The van der Waals surface area contributed by atoms with Crippen molar-refractivity contribution in [1.82, 2.24) is 24.8 Å². The molecule has 1 amide bonds. The van der Waals surface area contributed by atoms with Crippen LogP contribution >= 0.6 is 0 Å². The maximum atomic E-state index is 13.8. The van der Waals surface area contributed by atoms with Crippen LogP contribution in [0.25, 0.3) is 11.2 Å². The lowest BCUT2D eigenvalue weighted by atomic mass is 9.98. The zero-order valence-corrected chi connectivity index (χ0v) is 21.9. The van der Waals surface area contributed by atoms with Crippen molar-refractivity contribution in [3.8, 4) is 11.8 Å². The normalized spacial score (nSPS) is 29.4. The highest BCUT2D eigenvalue weighted by Crippen LogP contribution is 2.67. The van der Waals surface area contributed by atoms with E-state index in [1.807, 2.05) is 30.3 Å². The maximum absolute atomic E-state index is 13.8. The fourth-order valence-corrected chi connectivity index (χ4v) is 6.37. The Balaban J connectivity index is 1.26. The molecule has 0 saturated heterocycles. The first-order valence-electron chi connectivity index (χ1n) is 13.4. The molecule has 4 aromatic rings. The van der Waals surface area contributed by atoms with Crippen molar-refractivity contribution < 1.29 is 23.8 Å². The summed E-state index contributed by atoms with van der Waals surface area (Å²) in [6.45, 7) is 0. The third-order valence-electron chi connectivity index (χ3n) is 8.64. The number of nitrogens with one attached hydrogen (secondary N) is 2. The van der Waals surface area contributed by atoms with E-state index in [1.54, 1.807) is 10.6 Å². The van der Waals surface area contributed by atoms with Crippen LogP contribution in [0.2, 0.25) is 0 Å². The van der Waals surface area contributed by atoms with Crippen molar-refractivity contribution in [2.75, 3.05) is 12.4 Å². The Morgan fingerprint density at radius 1 is 1.10 bits per heavy atom. The van der Waals surface area contributed by atoms with Crippen molar-refractivity contribution in [1.29, 1.82) is 0 Å². The van der Waals surface area contributed by atoms with Crippen LogP contribution < -0.4 is 10.6 Å². The molecule has 4 N–H and O–H groups in total. The van der Waals surface area contributed by atoms with Gasteiger partial charge in [-0.2, -0.15) is 0 Å². The summed E-state index contributed by atoms with van der Waals surface area (Å²) in [5.41, 5.74) is 1.25. The minimum Gasteiger partial charge on any atom is -0.389 e. The molecule has 3 saturated carbocycles. The molecule has 2 heterocycles. The molecule has 7 rings (SSSR count). The first-order chi connectivity index (χ1) is 19.8. The van der Waals surface area contributed by atoms with E-state index in [-0.39, 0.29) is 29.6 Å². The smallest absolute Gasteiger partial charge is 0.229 e. The van der Waals surface area contributed by atoms with Crippen molar-refractivity contribution >= 4 is 22.9 Å². The van der Waals surface area contributed by atoms with E-state index in [9.17, 15) is 23.8 Å². The van der Waals surface area contributed by atoms with Gasteiger partial charge in [0.05, 0.1) is 23.9 Å². The van der Waals surface area contributed by atoms with Gasteiger partial charge in [-0.3, -0.25) is 4.79 Å². The second-order valence-electron chi connectivity index (χ2n) is 11.0. The van der Waals surface area contributed by atoms with Crippen LogP contribution in [0.3, 0.4) is 0 Å². The topological polar surface area (TPSA) is 125 Å². The molecule has 0 unspecified atom stereocenters. The van der Waals surface area contributed by atoms with E-state index < -0.39 is 35.3 Å². The van der Waals surface area contributed by atoms with E-state index in [0.717, 1.165) is 11.6 Å². The van der Waals surface area contributed by atoms with E-state index in [0.29, 0.717) is 35.4 Å². The maximum Gasteiger partial charge on any atom is 0.229 e. The first-order valence-corrected chi connectivity index (χ1v) is 13.4. The van der Waals surface area contributed by atoms with Gasteiger partial charge in [-0.05, 0) is 48.6 Å². The van der Waals surface area contributed by atoms with Crippen LogP contribution in [0.15, 0.2) is 54.9 Å². The van der Waals surface area contributed by atoms with Gasteiger partial charge in [-0.15, -0.1) is 0 Å². The molecule has 0 bridgehead atoms. The van der Waals surface area contributed by atoms with Gasteiger partial charge in [0.1, 0.15) is 6.10 Å². The number of hydrogen-bond acceptors (Lipinski definition) is 7. The molecule has 11 heteroatoms. The minimum atomic E-state index is -1.23. The summed E-state index contributed by atoms with van der Waals surface area (Å²) >= 11 is 0. The van der Waals surface area contributed by atoms with Crippen molar-refractivity contribution in [3.63, 3.8) is 0 Å². The number of aliphatic hydroxyl groups is 2. The first kappa shape index (κ1) is 25.6. The second-order valence-corrected chi connectivity index (χ2v) is 11.0. The molecule has 3 fully saturated rings. The van der Waals surface area contributed by atoms with Crippen molar-refractivity contribution in [3.05, 3.63) is 83.4 Å². The SMILES string of the molecule is CNC(=O)[C@]12C[C@@H]1[C@@H](n1cnc3c(N[C@@H]4C[C@H]4c4ccc(F)c(F)c4)nc(C#Cc4ccccc4)nc31)[C@H](O)[C@@H]2O. The Bertz CT molecular complexity index is 1750. The summed E-state index contributed by atoms with van der Waals surface area (Å²) in [5, 5.41) is 27.9. The minimum absolute atomic E-state index is 0.0394. The van der Waals surface area contributed by atoms with Crippen LogP contribution in [-0.4, -0.2) is 60.9 Å². The predicted molar refractivity (Wildman–Crippen MR) is 145 cm³/mol. The number of nitrogens with zero attached hydrogens (tertiary/aromatic N) is 4. The molecule has 3 aliphatic carbocycles. The van der Waals surface area contributed by atoms with Gasteiger partial charge < -0.3 is 25.4 Å². The number of aromatic nitrogens is 4. The average molecular weight is 557 g/mol. The molecular formula is C30H26F2N6O3. The number of halogens is 2. The Hall–Kier alpha value is -4.40. The van der Waals surface area contributed by atoms with Crippen LogP contribution in [0, 0.1) is 34.8 Å². The Morgan fingerprint density at radius 3 is 2.66 bits per heavy atom. The summed E-state index contributed by atoms with van der Waals surface area (Å²) in [6, 6.07) is 12.6. The molecule has 2 aromatic carbocycles. The lowest BCUT2D eigenvalue weighted by Crippen LogP contribution is -2.41. The number of hydrogen-bond donors (Lipinski definition) is 4. The van der Waals surface area contributed by atoms with Gasteiger partial charge in [0.15, 0.2) is 28.6 Å². The predicted octanol–water partition coefficient (Wildman–Crippen LogP) is 2.50. The monoisotopic (exact) mass is 556 g/mol. The number of imidazole rings is 1. The molecule has 7 atom stereocenters. The number of benzene rings is 2. The fourth-order valence-electron chi connectivity index (χ4n) is 6.37. The highest BCUT2D eigenvalue weighted by atomic mass is 19.2. The summed E-state index contributed by atoms with van der Waals surface area (Å²) in [6.07, 6.45) is 0.235. The third-order valence-corrected chi connectivity index (χ3v) is 8.64. The third kappa shape index (κ3) is 4.05. The summed E-state index contributed by atoms with van der Waals surface area (Å²) in [7, 11) is 1.51. The molecule has 0 radical (unpaired) electrons. The number of anilines is 1. The number of carbonyl (C=O) groups excluding carboxylic acids is 1. The standard InChI is InChI=1S/C30H26F2N6O3/c1-33-29(41)30-13-18(30)24(25(39)26(30)40)38-14-34-23-27(35-21-12-17(21)16-8-9-19(31)20(32)11-16)36-22(37-28(23)38)10-7-15-5-3-2-4-6-15/h2-6,8-9,11,14,17-18,21,24-26,39-40H,12-13H2,1H3,(H,33,41)(H,35,36,37)/t17-,18+,21+,24+,25-,26-,30+/m0/s1. The summed E-state index contributed by atoms with van der Waals surface area (Å²) in [4.78, 5) is 26.5. The van der Waals surface area contributed by atoms with Crippen LogP contribution in [-0.2, 0) is 4.79 Å². The molecule has 0 aliphatic heterocycles. The lowest BCUT2D eigenvalue weighted by Gasteiger charge is -2.23. The van der Waals surface area contributed by atoms with Gasteiger partial charge >= 0.3 is 0 Å². The Morgan fingerprint density at radius 2 is 1.90 bits per heavy atom. The zero-order chi connectivity index (χ0) is 28.5. The van der Waals surface area contributed by atoms with Crippen molar-refractivity contribution in [2.45, 2.75) is 43.1 Å². The molecule has 2 aromatic heterocycles. The van der Waals surface area contributed by atoms with Gasteiger partial charge in [-0.25, -0.2) is 23.7 Å². The number of rotatable bonds is 5. The molecule has 41 heavy (non-hydrogen) atoms. The van der Waals surface area contributed by atoms with Crippen LogP contribution in [0.1, 0.15) is 41.8 Å². The largest absolute Gasteiger partial charge is 0.389 e. The molecule has 9 nitrogen and oxygen atoms in total. The van der Waals surface area contributed by atoms with E-state index in [2.05, 4.69) is 37.4 Å². The summed E-state index contributed by atoms with van der Waals surface area (Å²) in [5.74, 6) is 4.29. The van der Waals surface area contributed by atoms with Gasteiger partial charge in [0.2, 0.25) is 11.7 Å². The highest BCUT2D eigenvalue weighted by Gasteiger charge is 2.75. The van der Waals surface area contributed by atoms with Crippen LogP contribution in [0.4, 0.5) is 14.6 Å². The molecule has 3 aliphatic rings. The van der Waals surface area contributed by atoms with E-state index in [1.165, 1.54) is 19.4 Å². The highest BCUT2D eigenvalue weighted by molar-refractivity contribution is 5.88. The van der Waals surface area contributed by atoms with Crippen molar-refractivity contribution in [2.24, 2.45) is 11.3 Å². The Kier molecular flexibility index (Phi) is 5.81. The number of fused-ring (bicyclic) bond motifs is 2. The lowest BCUT2D eigenvalue weighted by molar-refractivity contribution is -0.132. The molecular weight excluding hydrogens is 530 g/mol. The average Bonchev–Trinajstić information content (AvgIpc) is 3.86. The van der Waals surface area contributed by atoms with Gasteiger partial charge in [-0.1, -0.05) is 30.2 Å². The Labute approximate surface area is 233 Å². The quantitative estimate of drug-likeness (QED) is 0.279. The second kappa shape index (κ2) is 9.33. The fraction of sp³-hybridized carbons (Fsp3) is 0.333. The van der Waals surface area contributed by atoms with Gasteiger partial charge in [0, 0.05) is 30.5 Å². The van der Waals surface area contributed by atoms with E-state index in [4.69, 9.17) is 0 Å². The van der Waals surface area contributed by atoms with E-state index >= 15 is 0 Å². The zero-order valence-electron chi connectivity index (χ0n) is 21.9. The number of amides is 1.